The molecule has 0 atom stereocenters. The number of rotatable bonds is 5. The van der Waals surface area contributed by atoms with Crippen molar-refractivity contribution in [1.82, 2.24) is 5.48 Å². The van der Waals surface area contributed by atoms with Gasteiger partial charge >= 0.3 is 0 Å². The van der Waals surface area contributed by atoms with Crippen LogP contribution in [0.1, 0.15) is 10.4 Å². The maximum absolute atomic E-state index is 11.8. The van der Waals surface area contributed by atoms with E-state index in [1.807, 2.05) is 30.3 Å². The largest absolute Gasteiger partial charge is 0.382 e. The number of methoxy groups -OCH3 is 1. The molecule has 0 aliphatic rings. The fraction of sp³-hybridized carbons (Fsp3) is 0.214. The molecule has 0 saturated carbocycles. The van der Waals surface area contributed by atoms with Crippen LogP contribution in [0.3, 0.4) is 0 Å². The first-order chi connectivity index (χ1) is 9.20. The van der Waals surface area contributed by atoms with E-state index in [1.54, 1.807) is 13.2 Å². The smallest absolute Gasteiger partial charge is 0.274 e. The van der Waals surface area contributed by atoms with E-state index in [2.05, 4.69) is 21.4 Å². The van der Waals surface area contributed by atoms with Gasteiger partial charge in [0.05, 0.1) is 13.2 Å². The maximum atomic E-state index is 11.8. The average molecular weight is 324 g/mol. The molecule has 0 fully saturated rings. The highest BCUT2D eigenvalue weighted by molar-refractivity contribution is 9.10. The van der Waals surface area contributed by atoms with Crippen LogP contribution >= 0.6 is 15.9 Å². The Bertz CT molecular complexity index is 586. The number of hydrogen-bond acceptors (Lipinski definition) is 3. The van der Waals surface area contributed by atoms with Gasteiger partial charge in [-0.25, -0.2) is 5.48 Å². The second-order valence-electron chi connectivity index (χ2n) is 3.98. The summed E-state index contributed by atoms with van der Waals surface area (Å²) < 4.78 is 5.83. The number of carbonyl (C=O) groups excluding carboxylic acids is 1. The molecule has 1 N–H and O–H groups in total. The number of ether oxygens (including phenoxy) is 1. The lowest BCUT2D eigenvalue weighted by atomic mass is 10.1. The van der Waals surface area contributed by atoms with E-state index in [0.29, 0.717) is 18.8 Å². The molecule has 5 heteroatoms. The monoisotopic (exact) mass is 323 g/mol. The number of hydrogen-bond donors (Lipinski definition) is 1. The third-order valence-corrected chi connectivity index (χ3v) is 3.11. The normalized spacial score (nSPS) is 10.6. The zero-order valence-corrected chi connectivity index (χ0v) is 12.1. The van der Waals surface area contributed by atoms with Crippen molar-refractivity contribution in [2.45, 2.75) is 0 Å². The third-order valence-electron chi connectivity index (χ3n) is 2.62. The van der Waals surface area contributed by atoms with E-state index in [1.165, 1.54) is 0 Å². The zero-order chi connectivity index (χ0) is 13.7. The molecule has 100 valence electrons. The van der Waals surface area contributed by atoms with Gasteiger partial charge in [0.2, 0.25) is 0 Å². The van der Waals surface area contributed by atoms with Crippen LogP contribution in [-0.4, -0.2) is 26.2 Å². The van der Waals surface area contributed by atoms with Crippen molar-refractivity contribution in [2.24, 2.45) is 0 Å². The van der Waals surface area contributed by atoms with E-state index in [-0.39, 0.29) is 5.91 Å². The Hall–Kier alpha value is -1.43. The molecule has 4 nitrogen and oxygen atoms in total. The Morgan fingerprint density at radius 1 is 1.16 bits per heavy atom. The molecule has 2 aromatic rings. The summed E-state index contributed by atoms with van der Waals surface area (Å²) in [7, 11) is 1.58. The van der Waals surface area contributed by atoms with Gasteiger partial charge in [0.15, 0.2) is 0 Å². The molecule has 0 radical (unpaired) electrons. The van der Waals surface area contributed by atoms with Crippen molar-refractivity contribution in [1.29, 1.82) is 0 Å². The van der Waals surface area contributed by atoms with Gasteiger partial charge in [-0.3, -0.25) is 9.63 Å². The first-order valence-corrected chi connectivity index (χ1v) is 6.60. The molecule has 0 aromatic heterocycles. The molecule has 2 aromatic carbocycles. The van der Waals surface area contributed by atoms with E-state index in [4.69, 9.17) is 9.57 Å². The van der Waals surface area contributed by atoms with Gasteiger partial charge in [-0.15, -0.1) is 0 Å². The molecule has 1 amide bonds. The van der Waals surface area contributed by atoms with E-state index < -0.39 is 0 Å². The van der Waals surface area contributed by atoms with Gasteiger partial charge in [-0.1, -0.05) is 28.1 Å². The second kappa shape index (κ2) is 6.65. The number of halogens is 1. The van der Waals surface area contributed by atoms with E-state index in [9.17, 15) is 4.79 Å². The number of nitrogens with one attached hydrogen (secondary N) is 1. The Labute approximate surface area is 119 Å². The summed E-state index contributed by atoms with van der Waals surface area (Å²) in [5.41, 5.74) is 2.94. The highest BCUT2D eigenvalue weighted by Crippen LogP contribution is 2.20. The number of benzene rings is 2. The van der Waals surface area contributed by atoms with Gasteiger partial charge in [0.1, 0.15) is 0 Å². The molecule has 19 heavy (non-hydrogen) atoms. The first-order valence-electron chi connectivity index (χ1n) is 5.81. The number of amides is 1. The Morgan fingerprint density at radius 2 is 1.89 bits per heavy atom. The van der Waals surface area contributed by atoms with Crippen molar-refractivity contribution in [2.75, 3.05) is 20.3 Å². The van der Waals surface area contributed by atoms with Crippen LogP contribution in [0.5, 0.6) is 0 Å². The average Bonchev–Trinajstić information content (AvgIpc) is 2.42. The van der Waals surface area contributed by atoms with E-state index >= 15 is 0 Å². The number of fused-ring (bicyclic) bond motifs is 1. The molecule has 0 unspecified atom stereocenters. The zero-order valence-electron chi connectivity index (χ0n) is 10.5. The quantitative estimate of drug-likeness (QED) is 0.679. The molecule has 2 rings (SSSR count). The molecule has 0 aliphatic carbocycles. The molecule has 0 spiro atoms. The minimum Gasteiger partial charge on any atom is -0.382 e. The van der Waals surface area contributed by atoms with Crippen LogP contribution in [0, 0.1) is 0 Å². The fourth-order valence-corrected chi connectivity index (χ4v) is 2.04. The second-order valence-corrected chi connectivity index (χ2v) is 4.89. The highest BCUT2D eigenvalue weighted by Gasteiger charge is 2.06. The van der Waals surface area contributed by atoms with Gasteiger partial charge in [-0.2, -0.15) is 0 Å². The summed E-state index contributed by atoms with van der Waals surface area (Å²) >= 11 is 3.42. The Morgan fingerprint density at radius 3 is 2.68 bits per heavy atom. The predicted octanol–water partition coefficient (Wildman–Crippen LogP) is 2.91. The van der Waals surface area contributed by atoms with Crippen LogP contribution in [0.25, 0.3) is 10.8 Å². The summed E-state index contributed by atoms with van der Waals surface area (Å²) in [6.07, 6.45) is 0. The van der Waals surface area contributed by atoms with Crippen LogP contribution in [-0.2, 0) is 9.57 Å². The van der Waals surface area contributed by atoms with Crippen LogP contribution in [0.2, 0.25) is 0 Å². The van der Waals surface area contributed by atoms with Gasteiger partial charge in [0.25, 0.3) is 5.91 Å². The SMILES string of the molecule is COCCONC(=O)c1ccc2cc(Br)ccc2c1. The minimum absolute atomic E-state index is 0.263. The summed E-state index contributed by atoms with van der Waals surface area (Å²) in [6.45, 7) is 0.759. The molecule has 0 aliphatic heterocycles. The minimum atomic E-state index is -0.263. The Kier molecular flexibility index (Phi) is 4.90. The number of hydroxylamine groups is 1. The number of carbonyl (C=O) groups is 1. The summed E-state index contributed by atoms with van der Waals surface area (Å²) in [5.74, 6) is -0.263. The molecular weight excluding hydrogens is 310 g/mol. The molecule has 0 saturated heterocycles. The lowest BCUT2D eigenvalue weighted by molar-refractivity contribution is 0.00889. The van der Waals surface area contributed by atoms with Crippen molar-refractivity contribution >= 4 is 32.6 Å². The first kappa shape index (κ1) is 14.0. The van der Waals surface area contributed by atoms with Crippen LogP contribution < -0.4 is 5.48 Å². The van der Waals surface area contributed by atoms with Gasteiger partial charge in [0, 0.05) is 17.1 Å². The van der Waals surface area contributed by atoms with Gasteiger partial charge < -0.3 is 4.74 Å². The van der Waals surface area contributed by atoms with Crippen molar-refractivity contribution in [3.8, 4) is 0 Å². The molecular formula is C14H14BrNO3. The third kappa shape index (κ3) is 3.76. The molecule has 0 bridgehead atoms. The standard InChI is InChI=1S/C14H14BrNO3/c1-18-6-7-19-16-14(17)12-3-2-11-9-13(15)5-4-10(11)8-12/h2-5,8-9H,6-7H2,1H3,(H,16,17). The van der Waals surface area contributed by atoms with Crippen LogP contribution in [0.15, 0.2) is 40.9 Å². The maximum Gasteiger partial charge on any atom is 0.274 e. The van der Waals surface area contributed by atoms with Crippen molar-refractivity contribution in [3.05, 3.63) is 46.4 Å². The topological polar surface area (TPSA) is 47.6 Å². The highest BCUT2D eigenvalue weighted by atomic mass is 79.9. The lowest BCUT2D eigenvalue weighted by Crippen LogP contribution is -2.25. The van der Waals surface area contributed by atoms with Crippen molar-refractivity contribution < 1.29 is 14.4 Å². The predicted molar refractivity (Wildman–Crippen MR) is 76.9 cm³/mol. The Balaban J connectivity index is 2.08. The lowest BCUT2D eigenvalue weighted by Gasteiger charge is -2.06. The van der Waals surface area contributed by atoms with Crippen molar-refractivity contribution in [3.63, 3.8) is 0 Å². The summed E-state index contributed by atoms with van der Waals surface area (Å²) in [6, 6.07) is 11.4. The van der Waals surface area contributed by atoms with Gasteiger partial charge in [-0.05, 0) is 35.0 Å². The summed E-state index contributed by atoms with van der Waals surface area (Å²) in [4.78, 5) is 16.8. The van der Waals surface area contributed by atoms with Crippen LogP contribution in [0.4, 0.5) is 0 Å². The van der Waals surface area contributed by atoms with E-state index in [0.717, 1.165) is 15.2 Å². The summed E-state index contributed by atoms with van der Waals surface area (Å²) in [5, 5.41) is 2.08. The molecule has 0 heterocycles. The fourth-order valence-electron chi connectivity index (χ4n) is 1.66.